The minimum atomic E-state index is -1.11. The highest BCUT2D eigenvalue weighted by Crippen LogP contribution is 2.42. The van der Waals surface area contributed by atoms with Crippen LogP contribution in [0, 0.1) is 0 Å². The van der Waals surface area contributed by atoms with Gasteiger partial charge in [-0.3, -0.25) is 0 Å². The first-order valence-electron chi connectivity index (χ1n) is 9.41. The average molecular weight is 394 g/mol. The Morgan fingerprint density at radius 1 is 0.533 bits per heavy atom. The fourth-order valence-electron chi connectivity index (χ4n) is 3.72. The summed E-state index contributed by atoms with van der Waals surface area (Å²) in [4.78, 5) is 24.8. The van der Waals surface area contributed by atoms with Gasteiger partial charge in [-0.2, -0.15) is 0 Å². The quantitative estimate of drug-likeness (QED) is 0.430. The molecule has 0 saturated carbocycles. The van der Waals surface area contributed by atoms with Crippen molar-refractivity contribution >= 4 is 11.9 Å². The number of carbonyl (C=O) groups is 2. The van der Waals surface area contributed by atoms with Crippen molar-refractivity contribution in [2.75, 3.05) is 0 Å². The molecule has 0 bridgehead atoms. The van der Waals surface area contributed by atoms with Crippen LogP contribution in [0.1, 0.15) is 20.7 Å². The van der Waals surface area contributed by atoms with Crippen LogP contribution in [-0.4, -0.2) is 22.2 Å². The van der Waals surface area contributed by atoms with Gasteiger partial charge >= 0.3 is 11.9 Å². The molecule has 4 heteroatoms. The van der Waals surface area contributed by atoms with Crippen molar-refractivity contribution in [3.05, 3.63) is 108 Å². The molecule has 0 atom stereocenters. The molecule has 4 aromatic carbocycles. The van der Waals surface area contributed by atoms with Crippen LogP contribution in [0.15, 0.2) is 97.1 Å². The SMILES string of the molecule is O=C(O)c1cc(-c2ccccc2)c(C(=O)O)c(-c2ccccc2)c1-c1ccccc1. The molecule has 0 spiro atoms. The third-order valence-electron chi connectivity index (χ3n) is 4.98. The first-order valence-corrected chi connectivity index (χ1v) is 9.41. The fraction of sp³-hybridized carbons (Fsp3) is 0. The Labute approximate surface area is 173 Å². The number of benzene rings is 4. The van der Waals surface area contributed by atoms with Gasteiger partial charge in [0.05, 0.1) is 11.1 Å². The zero-order chi connectivity index (χ0) is 21.1. The number of hydrogen-bond donors (Lipinski definition) is 2. The molecule has 4 nitrogen and oxygen atoms in total. The second-order valence-corrected chi connectivity index (χ2v) is 6.81. The molecule has 0 heterocycles. The zero-order valence-electron chi connectivity index (χ0n) is 15.9. The first kappa shape index (κ1) is 19.2. The largest absolute Gasteiger partial charge is 0.478 e. The van der Waals surface area contributed by atoms with Gasteiger partial charge in [0.2, 0.25) is 0 Å². The highest BCUT2D eigenvalue weighted by Gasteiger charge is 2.27. The van der Waals surface area contributed by atoms with Crippen molar-refractivity contribution in [2.24, 2.45) is 0 Å². The van der Waals surface area contributed by atoms with Crippen molar-refractivity contribution in [3.8, 4) is 33.4 Å². The lowest BCUT2D eigenvalue weighted by molar-refractivity contribution is 0.0683. The van der Waals surface area contributed by atoms with Crippen molar-refractivity contribution in [2.45, 2.75) is 0 Å². The van der Waals surface area contributed by atoms with Crippen LogP contribution in [0.25, 0.3) is 33.4 Å². The maximum Gasteiger partial charge on any atom is 0.336 e. The zero-order valence-corrected chi connectivity index (χ0v) is 15.9. The highest BCUT2D eigenvalue weighted by molar-refractivity contribution is 6.12. The van der Waals surface area contributed by atoms with Crippen LogP contribution < -0.4 is 0 Å². The van der Waals surface area contributed by atoms with Gasteiger partial charge in [0, 0.05) is 11.1 Å². The van der Waals surface area contributed by atoms with E-state index in [-0.39, 0.29) is 11.1 Å². The van der Waals surface area contributed by atoms with Gasteiger partial charge in [-0.15, -0.1) is 0 Å². The lowest BCUT2D eigenvalue weighted by atomic mass is 9.82. The van der Waals surface area contributed by atoms with Gasteiger partial charge in [0.1, 0.15) is 0 Å². The fourth-order valence-corrected chi connectivity index (χ4v) is 3.72. The topological polar surface area (TPSA) is 74.6 Å². The average Bonchev–Trinajstić information content (AvgIpc) is 2.79. The second kappa shape index (κ2) is 8.05. The molecule has 0 aliphatic rings. The van der Waals surface area contributed by atoms with Crippen LogP contribution in [0.4, 0.5) is 0 Å². The van der Waals surface area contributed by atoms with Crippen LogP contribution in [0.2, 0.25) is 0 Å². The minimum Gasteiger partial charge on any atom is -0.478 e. The summed E-state index contributed by atoms with van der Waals surface area (Å²) in [5.74, 6) is -2.22. The lowest BCUT2D eigenvalue weighted by Crippen LogP contribution is -2.10. The molecule has 0 aromatic heterocycles. The predicted octanol–water partition coefficient (Wildman–Crippen LogP) is 6.08. The Morgan fingerprint density at radius 3 is 1.40 bits per heavy atom. The van der Waals surface area contributed by atoms with Gasteiger partial charge in [0.15, 0.2) is 0 Å². The van der Waals surface area contributed by atoms with Crippen molar-refractivity contribution < 1.29 is 19.8 Å². The molecule has 4 rings (SSSR count). The molecule has 0 saturated heterocycles. The summed E-state index contributed by atoms with van der Waals surface area (Å²) in [6.45, 7) is 0. The van der Waals surface area contributed by atoms with Crippen molar-refractivity contribution in [3.63, 3.8) is 0 Å². The van der Waals surface area contributed by atoms with E-state index in [1.54, 1.807) is 60.7 Å². The van der Waals surface area contributed by atoms with Crippen LogP contribution in [0.5, 0.6) is 0 Å². The molecule has 4 aromatic rings. The van der Waals surface area contributed by atoms with E-state index >= 15 is 0 Å². The predicted molar refractivity (Wildman–Crippen MR) is 117 cm³/mol. The molecule has 2 N–H and O–H groups in total. The van der Waals surface area contributed by atoms with Crippen molar-refractivity contribution in [1.82, 2.24) is 0 Å². The Morgan fingerprint density at radius 2 is 0.967 bits per heavy atom. The van der Waals surface area contributed by atoms with E-state index in [2.05, 4.69) is 0 Å². The number of rotatable bonds is 5. The molecule has 0 fully saturated rings. The van der Waals surface area contributed by atoms with Gasteiger partial charge < -0.3 is 10.2 Å². The van der Waals surface area contributed by atoms with Crippen LogP contribution in [-0.2, 0) is 0 Å². The van der Waals surface area contributed by atoms with Crippen LogP contribution >= 0.6 is 0 Å². The van der Waals surface area contributed by atoms with Gasteiger partial charge in [0.25, 0.3) is 0 Å². The van der Waals surface area contributed by atoms with E-state index in [0.717, 1.165) is 0 Å². The molecule has 0 aliphatic carbocycles. The number of hydrogen-bond acceptors (Lipinski definition) is 2. The maximum atomic E-state index is 12.5. The van der Waals surface area contributed by atoms with Gasteiger partial charge in [-0.25, -0.2) is 9.59 Å². The lowest BCUT2D eigenvalue weighted by Gasteiger charge is -2.20. The summed E-state index contributed by atoms with van der Waals surface area (Å²) in [5, 5.41) is 20.3. The minimum absolute atomic E-state index is 0.0592. The number of carboxylic acids is 2. The summed E-state index contributed by atoms with van der Waals surface area (Å²) >= 11 is 0. The molecule has 0 amide bonds. The molecular weight excluding hydrogens is 376 g/mol. The standard InChI is InChI=1S/C26H18O4/c27-25(28)21-16-20(17-10-4-1-5-11-17)24(26(29)30)23(19-14-8-3-9-15-19)22(21)18-12-6-2-7-13-18/h1-16H,(H,27,28)(H,29,30). The summed E-state index contributed by atoms with van der Waals surface area (Å²) in [6.07, 6.45) is 0. The molecule has 30 heavy (non-hydrogen) atoms. The third kappa shape index (κ3) is 3.47. The van der Waals surface area contributed by atoms with Crippen LogP contribution in [0.3, 0.4) is 0 Å². The first-order chi connectivity index (χ1) is 14.6. The van der Waals surface area contributed by atoms with E-state index in [9.17, 15) is 19.8 Å². The van der Waals surface area contributed by atoms with E-state index < -0.39 is 11.9 Å². The Kier molecular flexibility index (Phi) is 5.14. The monoisotopic (exact) mass is 394 g/mol. The Hall–Kier alpha value is -4.18. The third-order valence-corrected chi connectivity index (χ3v) is 4.98. The highest BCUT2D eigenvalue weighted by atomic mass is 16.4. The summed E-state index contributed by atoms with van der Waals surface area (Å²) in [5.41, 5.74) is 3.25. The maximum absolute atomic E-state index is 12.5. The molecule has 0 aliphatic heterocycles. The summed E-state index contributed by atoms with van der Waals surface area (Å²) in [7, 11) is 0. The smallest absolute Gasteiger partial charge is 0.336 e. The number of carboxylic acid groups (broad SMARTS) is 2. The number of aromatic carboxylic acids is 2. The van der Waals surface area contributed by atoms with Crippen molar-refractivity contribution in [1.29, 1.82) is 0 Å². The van der Waals surface area contributed by atoms with E-state index in [0.29, 0.717) is 33.4 Å². The van der Waals surface area contributed by atoms with E-state index in [1.807, 2.05) is 30.3 Å². The Balaban J connectivity index is 2.22. The van der Waals surface area contributed by atoms with Gasteiger partial charge in [-0.1, -0.05) is 91.0 Å². The molecular formula is C26H18O4. The summed E-state index contributed by atoms with van der Waals surface area (Å²) in [6, 6.07) is 28.6. The molecule has 0 unspecified atom stereocenters. The normalized spacial score (nSPS) is 10.5. The summed E-state index contributed by atoms with van der Waals surface area (Å²) < 4.78 is 0. The van der Waals surface area contributed by atoms with E-state index in [1.165, 1.54) is 6.07 Å². The second-order valence-electron chi connectivity index (χ2n) is 6.81. The van der Waals surface area contributed by atoms with E-state index in [4.69, 9.17) is 0 Å². The molecule has 146 valence electrons. The van der Waals surface area contributed by atoms with Gasteiger partial charge in [-0.05, 0) is 28.3 Å². The Bertz CT molecular complexity index is 1210. The molecule has 0 radical (unpaired) electrons.